The highest BCUT2D eigenvalue weighted by Gasteiger charge is 2.22. The second kappa shape index (κ2) is 11.8. The Kier molecular flexibility index (Phi) is 9.08. The molecule has 0 radical (unpaired) electrons. The van der Waals surface area contributed by atoms with Crippen molar-refractivity contribution in [2.75, 3.05) is 13.7 Å². The first-order chi connectivity index (χ1) is 14.4. The van der Waals surface area contributed by atoms with E-state index in [1.54, 1.807) is 30.3 Å². The van der Waals surface area contributed by atoms with Crippen molar-refractivity contribution in [3.05, 3.63) is 62.7 Å². The number of nitro benzene ring substituents is 1. The molecule has 160 valence electrons. The molecular weight excluding hydrogens is 410 g/mol. The number of nitrogens with one attached hydrogen (secondary N) is 1. The topological polar surface area (TPSA) is 103 Å². The van der Waals surface area contributed by atoms with Crippen molar-refractivity contribution in [2.45, 2.75) is 32.6 Å². The number of hydrogen-bond acceptors (Lipinski definition) is 6. The Morgan fingerprint density at radius 3 is 2.63 bits per heavy atom. The van der Waals surface area contributed by atoms with Gasteiger partial charge in [0.05, 0.1) is 31.3 Å². The summed E-state index contributed by atoms with van der Waals surface area (Å²) in [6.07, 6.45) is 4.22. The zero-order valence-corrected chi connectivity index (χ0v) is 17.6. The second-order valence-corrected chi connectivity index (χ2v) is 6.92. The normalized spacial score (nSPS) is 10.8. The maximum absolute atomic E-state index is 12.0. The van der Waals surface area contributed by atoms with Crippen LogP contribution in [0.25, 0.3) is 0 Å². The van der Waals surface area contributed by atoms with Crippen LogP contribution in [0.3, 0.4) is 0 Å². The maximum Gasteiger partial charge on any atom is 0.315 e. The Hall–Kier alpha value is -3.13. The molecule has 2 aromatic rings. The summed E-state index contributed by atoms with van der Waals surface area (Å²) in [6.45, 7) is 2.42. The van der Waals surface area contributed by atoms with Crippen molar-refractivity contribution in [1.29, 1.82) is 0 Å². The first-order valence-corrected chi connectivity index (χ1v) is 9.88. The highest BCUT2D eigenvalue weighted by atomic mass is 35.5. The molecule has 0 fully saturated rings. The maximum atomic E-state index is 12.0. The van der Waals surface area contributed by atoms with Crippen LogP contribution >= 0.6 is 11.6 Å². The molecular formula is C21H24ClN3O5. The van der Waals surface area contributed by atoms with Crippen molar-refractivity contribution < 1.29 is 19.2 Å². The van der Waals surface area contributed by atoms with Gasteiger partial charge in [-0.05, 0) is 30.2 Å². The van der Waals surface area contributed by atoms with Crippen molar-refractivity contribution in [1.82, 2.24) is 5.43 Å². The number of benzene rings is 2. The van der Waals surface area contributed by atoms with Crippen molar-refractivity contribution in [3.8, 4) is 11.5 Å². The monoisotopic (exact) mass is 433 g/mol. The zero-order chi connectivity index (χ0) is 21.9. The molecule has 0 saturated carbocycles. The smallest absolute Gasteiger partial charge is 0.315 e. The number of nitrogens with zero attached hydrogens (tertiary/aromatic N) is 2. The molecule has 1 amide bonds. The first-order valence-electron chi connectivity index (χ1n) is 9.50. The standard InChI is InChI=1S/C21H24ClN3O5/c1-3-4-5-10-30-21-18(25(27)28)11-16(12-19(21)29-2)14-23-24-20(26)13-15-6-8-17(22)9-7-15/h6-9,11-12,14H,3-5,10,13H2,1-2H3,(H,24,26)/b23-14-. The number of nitro groups is 1. The summed E-state index contributed by atoms with van der Waals surface area (Å²) in [5.41, 5.74) is 3.36. The first kappa shape index (κ1) is 23.2. The number of halogens is 1. The van der Waals surface area contributed by atoms with E-state index in [9.17, 15) is 14.9 Å². The van der Waals surface area contributed by atoms with E-state index in [0.717, 1.165) is 24.8 Å². The number of ether oxygens (including phenoxy) is 2. The van der Waals surface area contributed by atoms with Gasteiger partial charge in [0.25, 0.3) is 0 Å². The second-order valence-electron chi connectivity index (χ2n) is 6.48. The Labute approximate surface area is 180 Å². The van der Waals surface area contributed by atoms with Gasteiger partial charge in [-0.2, -0.15) is 5.10 Å². The molecule has 0 unspecified atom stereocenters. The van der Waals surface area contributed by atoms with Gasteiger partial charge >= 0.3 is 5.69 Å². The van der Waals surface area contributed by atoms with Gasteiger partial charge in [0.15, 0.2) is 5.75 Å². The summed E-state index contributed by atoms with van der Waals surface area (Å²) in [7, 11) is 1.41. The van der Waals surface area contributed by atoms with Crippen LogP contribution in [-0.2, 0) is 11.2 Å². The average molecular weight is 434 g/mol. The lowest BCUT2D eigenvalue weighted by atomic mass is 10.1. The number of rotatable bonds is 11. The summed E-state index contributed by atoms with van der Waals surface area (Å²) in [5, 5.41) is 16.0. The van der Waals surface area contributed by atoms with Crippen molar-refractivity contribution in [3.63, 3.8) is 0 Å². The molecule has 2 rings (SSSR count). The van der Waals surface area contributed by atoms with E-state index < -0.39 is 4.92 Å². The van der Waals surface area contributed by atoms with Crippen LogP contribution in [0.5, 0.6) is 11.5 Å². The number of hydrogen-bond donors (Lipinski definition) is 1. The van der Waals surface area contributed by atoms with Crippen LogP contribution in [0.4, 0.5) is 5.69 Å². The highest BCUT2D eigenvalue weighted by Crippen LogP contribution is 2.38. The SMILES string of the molecule is CCCCCOc1c(OC)cc(/C=N\NC(=O)Cc2ccc(Cl)cc2)cc1[N+](=O)[O-]. The highest BCUT2D eigenvalue weighted by molar-refractivity contribution is 6.30. The van der Waals surface area contributed by atoms with Crippen LogP contribution in [0.2, 0.25) is 5.02 Å². The lowest BCUT2D eigenvalue weighted by molar-refractivity contribution is -0.386. The van der Waals surface area contributed by atoms with Crippen LogP contribution < -0.4 is 14.9 Å². The molecule has 0 spiro atoms. The van der Waals surface area contributed by atoms with E-state index in [2.05, 4.69) is 17.5 Å². The van der Waals surface area contributed by atoms with Crippen LogP contribution in [0.15, 0.2) is 41.5 Å². The largest absolute Gasteiger partial charge is 0.493 e. The molecule has 2 aromatic carbocycles. The molecule has 8 nitrogen and oxygen atoms in total. The van der Waals surface area contributed by atoms with Crippen LogP contribution in [0, 0.1) is 10.1 Å². The average Bonchev–Trinajstić information content (AvgIpc) is 2.73. The molecule has 0 bridgehead atoms. The molecule has 0 heterocycles. The van der Waals surface area contributed by atoms with Gasteiger partial charge in [0.1, 0.15) is 0 Å². The minimum Gasteiger partial charge on any atom is -0.493 e. The summed E-state index contributed by atoms with van der Waals surface area (Å²) in [5.74, 6) is -0.0110. The summed E-state index contributed by atoms with van der Waals surface area (Å²) < 4.78 is 10.9. The predicted molar refractivity (Wildman–Crippen MR) is 116 cm³/mol. The van der Waals surface area contributed by atoms with Crippen molar-refractivity contribution >= 4 is 29.4 Å². The van der Waals surface area contributed by atoms with Gasteiger partial charge in [-0.3, -0.25) is 14.9 Å². The van der Waals surface area contributed by atoms with Gasteiger partial charge in [0.2, 0.25) is 11.7 Å². The third kappa shape index (κ3) is 7.04. The van der Waals surface area contributed by atoms with Crippen LogP contribution in [-0.4, -0.2) is 30.8 Å². The molecule has 0 aliphatic heterocycles. The minimum absolute atomic E-state index is 0.0857. The molecule has 0 aromatic heterocycles. The molecule has 0 atom stereocenters. The lowest BCUT2D eigenvalue weighted by Crippen LogP contribution is -2.19. The van der Waals surface area contributed by atoms with Gasteiger partial charge in [-0.1, -0.05) is 43.5 Å². The Morgan fingerprint density at radius 2 is 2.00 bits per heavy atom. The fraction of sp³-hybridized carbons (Fsp3) is 0.333. The van der Waals surface area contributed by atoms with Gasteiger partial charge in [-0.15, -0.1) is 0 Å². The van der Waals surface area contributed by atoms with Gasteiger partial charge < -0.3 is 9.47 Å². The summed E-state index contributed by atoms with van der Waals surface area (Å²) in [6, 6.07) is 9.79. The number of hydrazone groups is 1. The Balaban J connectivity index is 2.08. The molecule has 9 heteroatoms. The predicted octanol–water partition coefficient (Wildman–Crippen LogP) is 4.52. The van der Waals surface area contributed by atoms with E-state index in [1.807, 2.05) is 0 Å². The molecule has 0 aliphatic rings. The summed E-state index contributed by atoms with van der Waals surface area (Å²) >= 11 is 5.82. The number of methoxy groups -OCH3 is 1. The molecule has 1 N–H and O–H groups in total. The number of carbonyl (C=O) groups excluding carboxylic acids is 1. The van der Waals surface area contributed by atoms with E-state index in [0.29, 0.717) is 17.2 Å². The third-order valence-corrected chi connectivity index (χ3v) is 4.40. The van der Waals surface area contributed by atoms with E-state index in [4.69, 9.17) is 21.1 Å². The lowest BCUT2D eigenvalue weighted by Gasteiger charge is -2.11. The van der Waals surface area contributed by atoms with Gasteiger partial charge in [0, 0.05) is 16.7 Å². The third-order valence-electron chi connectivity index (χ3n) is 4.15. The minimum atomic E-state index is -0.534. The number of carbonyl (C=O) groups is 1. The zero-order valence-electron chi connectivity index (χ0n) is 16.9. The Bertz CT molecular complexity index is 900. The fourth-order valence-electron chi connectivity index (χ4n) is 2.65. The molecule has 0 saturated heterocycles. The van der Waals surface area contributed by atoms with E-state index >= 15 is 0 Å². The van der Waals surface area contributed by atoms with Gasteiger partial charge in [-0.25, -0.2) is 5.43 Å². The quantitative estimate of drug-likeness (QED) is 0.243. The molecule has 0 aliphatic carbocycles. The van der Waals surface area contributed by atoms with Crippen molar-refractivity contribution in [2.24, 2.45) is 5.10 Å². The number of amides is 1. The molecule has 30 heavy (non-hydrogen) atoms. The van der Waals surface area contributed by atoms with E-state index in [1.165, 1.54) is 19.4 Å². The van der Waals surface area contributed by atoms with Crippen LogP contribution in [0.1, 0.15) is 37.3 Å². The van der Waals surface area contributed by atoms with E-state index in [-0.39, 0.29) is 29.5 Å². The Morgan fingerprint density at radius 1 is 1.27 bits per heavy atom. The summed E-state index contributed by atoms with van der Waals surface area (Å²) in [4.78, 5) is 23.0. The fourth-order valence-corrected chi connectivity index (χ4v) is 2.77. The number of unbranched alkanes of at least 4 members (excludes halogenated alkanes) is 2.